The summed E-state index contributed by atoms with van der Waals surface area (Å²) in [6.07, 6.45) is 4.96. The highest BCUT2D eigenvalue weighted by atomic mass is 32.2. The Balaban J connectivity index is 1.47. The molecule has 160 valence electrons. The van der Waals surface area contributed by atoms with Crippen molar-refractivity contribution < 1.29 is 16.8 Å². The third kappa shape index (κ3) is 5.01. The molecular weight excluding hydrogens is 456 g/mol. The summed E-state index contributed by atoms with van der Waals surface area (Å²) in [5, 5.41) is 2.00. The number of aromatic amines is 1. The quantitative estimate of drug-likeness (QED) is 0.424. The Morgan fingerprint density at radius 1 is 0.935 bits per heavy atom. The van der Waals surface area contributed by atoms with E-state index < -0.39 is 19.9 Å². The van der Waals surface area contributed by atoms with E-state index in [-0.39, 0.29) is 9.79 Å². The normalized spacial score (nSPS) is 12.0. The lowest BCUT2D eigenvalue weighted by Crippen LogP contribution is -2.12. The Labute approximate surface area is 184 Å². The van der Waals surface area contributed by atoms with E-state index >= 15 is 0 Å². The molecule has 4 aromatic rings. The molecule has 2 N–H and O–H groups in total. The first-order chi connectivity index (χ1) is 14.7. The predicted octanol–water partition coefficient (Wildman–Crippen LogP) is 3.33. The average Bonchev–Trinajstić information content (AvgIpc) is 3.40. The van der Waals surface area contributed by atoms with Gasteiger partial charge in [0.05, 0.1) is 9.79 Å². The molecule has 0 saturated carbocycles. The van der Waals surface area contributed by atoms with Gasteiger partial charge >= 0.3 is 0 Å². The molecule has 0 spiro atoms. The lowest BCUT2D eigenvalue weighted by atomic mass is 10.1. The minimum absolute atomic E-state index is 0.129. The van der Waals surface area contributed by atoms with Crippen molar-refractivity contribution in [2.75, 3.05) is 11.0 Å². The molecule has 0 amide bonds. The van der Waals surface area contributed by atoms with Gasteiger partial charge in [0.2, 0.25) is 0 Å². The number of nitrogens with one attached hydrogen (secondary N) is 2. The van der Waals surface area contributed by atoms with Gasteiger partial charge in [0.25, 0.3) is 10.0 Å². The van der Waals surface area contributed by atoms with E-state index in [9.17, 15) is 16.8 Å². The van der Waals surface area contributed by atoms with Crippen LogP contribution in [0.2, 0.25) is 0 Å². The zero-order chi connectivity index (χ0) is 22.1. The highest BCUT2D eigenvalue weighted by Crippen LogP contribution is 2.22. The summed E-state index contributed by atoms with van der Waals surface area (Å²) in [5.41, 5.74) is 2.54. The van der Waals surface area contributed by atoms with Crippen molar-refractivity contribution in [1.82, 2.24) is 15.0 Å². The van der Waals surface area contributed by atoms with Crippen molar-refractivity contribution in [2.24, 2.45) is 0 Å². The minimum Gasteiger partial charge on any atom is -0.342 e. The molecule has 8 nitrogen and oxygen atoms in total. The Hall–Kier alpha value is -3.02. The highest BCUT2D eigenvalue weighted by Gasteiger charge is 2.16. The van der Waals surface area contributed by atoms with Gasteiger partial charge < -0.3 is 4.98 Å². The maximum absolute atomic E-state index is 12.4. The topological polar surface area (TPSA) is 122 Å². The van der Waals surface area contributed by atoms with Crippen LogP contribution in [0, 0.1) is 0 Å². The molecule has 0 bridgehead atoms. The smallest absolute Gasteiger partial charge is 0.263 e. The first kappa shape index (κ1) is 21.2. The first-order valence-electron chi connectivity index (χ1n) is 9.06. The van der Waals surface area contributed by atoms with E-state index in [1.165, 1.54) is 35.9 Å². The van der Waals surface area contributed by atoms with E-state index in [0.717, 1.165) is 16.8 Å². The second-order valence-electron chi connectivity index (χ2n) is 6.82. The van der Waals surface area contributed by atoms with Crippen LogP contribution in [0.5, 0.6) is 0 Å². The van der Waals surface area contributed by atoms with Gasteiger partial charge in [-0.25, -0.2) is 26.8 Å². The summed E-state index contributed by atoms with van der Waals surface area (Å²) >= 11 is 1.20. The molecule has 0 fully saturated rings. The summed E-state index contributed by atoms with van der Waals surface area (Å²) in [6.45, 7) is 0. The fraction of sp³-hybridized carbons (Fsp3) is 0.100. The van der Waals surface area contributed by atoms with Crippen LogP contribution in [0.4, 0.5) is 5.13 Å². The Morgan fingerprint density at radius 3 is 2.23 bits per heavy atom. The second-order valence-corrected chi connectivity index (χ2v) is 11.4. The average molecular weight is 475 g/mol. The van der Waals surface area contributed by atoms with Crippen LogP contribution in [0.1, 0.15) is 11.3 Å². The Bertz CT molecular complexity index is 1390. The van der Waals surface area contributed by atoms with Gasteiger partial charge in [-0.15, -0.1) is 11.3 Å². The number of hydrogen-bond acceptors (Lipinski definition) is 7. The third-order valence-electron chi connectivity index (χ3n) is 4.47. The van der Waals surface area contributed by atoms with Crippen molar-refractivity contribution in [3.05, 3.63) is 77.6 Å². The number of hydrogen-bond donors (Lipinski definition) is 2. The standard InChI is InChI=1S/C20H18N4O4S3/c1-30(25,26)17-6-2-14(3-7-17)12-16-13-22-19(23-16)15-4-8-18(9-5-15)31(27,28)24-20-21-10-11-29-20/h2-11,13H,12H2,1H3,(H,21,24)(H,22,23). The number of imidazole rings is 1. The second kappa shape index (κ2) is 8.25. The number of sulfone groups is 1. The number of nitrogens with zero attached hydrogens (tertiary/aromatic N) is 2. The third-order valence-corrected chi connectivity index (χ3v) is 7.77. The Morgan fingerprint density at radius 2 is 1.61 bits per heavy atom. The molecule has 0 aliphatic heterocycles. The van der Waals surface area contributed by atoms with Gasteiger partial charge in [0, 0.05) is 41.7 Å². The van der Waals surface area contributed by atoms with Crippen LogP contribution in [-0.4, -0.2) is 38.0 Å². The van der Waals surface area contributed by atoms with Crippen LogP contribution in [0.25, 0.3) is 11.4 Å². The van der Waals surface area contributed by atoms with Gasteiger partial charge in [-0.05, 0) is 42.0 Å². The van der Waals surface area contributed by atoms with Crippen LogP contribution in [0.15, 0.2) is 76.1 Å². The van der Waals surface area contributed by atoms with Crippen LogP contribution >= 0.6 is 11.3 Å². The molecule has 4 rings (SSSR count). The molecule has 2 aromatic carbocycles. The summed E-state index contributed by atoms with van der Waals surface area (Å²) in [5.74, 6) is 0.611. The van der Waals surface area contributed by atoms with Crippen molar-refractivity contribution in [2.45, 2.75) is 16.2 Å². The first-order valence-corrected chi connectivity index (χ1v) is 13.3. The van der Waals surface area contributed by atoms with Crippen molar-refractivity contribution in [3.63, 3.8) is 0 Å². The maximum Gasteiger partial charge on any atom is 0.263 e. The zero-order valence-electron chi connectivity index (χ0n) is 16.3. The number of rotatable bonds is 7. The van der Waals surface area contributed by atoms with Gasteiger partial charge in [-0.1, -0.05) is 12.1 Å². The molecule has 2 heterocycles. The van der Waals surface area contributed by atoms with Crippen LogP contribution in [0.3, 0.4) is 0 Å². The fourth-order valence-electron chi connectivity index (χ4n) is 2.91. The van der Waals surface area contributed by atoms with E-state index in [2.05, 4.69) is 19.7 Å². The lowest BCUT2D eigenvalue weighted by Gasteiger charge is -2.06. The number of aromatic nitrogens is 3. The van der Waals surface area contributed by atoms with Crippen molar-refractivity contribution >= 4 is 36.3 Å². The number of sulfonamides is 1. The summed E-state index contributed by atoms with van der Waals surface area (Å²) in [7, 11) is -6.93. The van der Waals surface area contributed by atoms with Gasteiger partial charge in [0.15, 0.2) is 15.0 Å². The van der Waals surface area contributed by atoms with Crippen molar-refractivity contribution in [3.8, 4) is 11.4 Å². The van der Waals surface area contributed by atoms with E-state index in [1.54, 1.807) is 48.0 Å². The van der Waals surface area contributed by atoms with Crippen LogP contribution in [-0.2, 0) is 26.3 Å². The van der Waals surface area contributed by atoms with Gasteiger partial charge in [-0.2, -0.15) is 0 Å². The number of benzene rings is 2. The number of anilines is 1. The molecule has 0 unspecified atom stereocenters. The summed E-state index contributed by atoms with van der Waals surface area (Å²) < 4.78 is 50.4. The molecule has 0 aliphatic carbocycles. The molecule has 0 radical (unpaired) electrons. The fourth-order valence-corrected chi connectivity index (χ4v) is 5.33. The van der Waals surface area contributed by atoms with E-state index in [0.29, 0.717) is 17.4 Å². The SMILES string of the molecule is CS(=O)(=O)c1ccc(Cc2cnc(-c3ccc(S(=O)(=O)Nc4nccs4)cc3)[nH]2)cc1. The molecule has 0 saturated heterocycles. The molecule has 2 aromatic heterocycles. The monoisotopic (exact) mass is 474 g/mol. The predicted molar refractivity (Wildman–Crippen MR) is 119 cm³/mol. The maximum atomic E-state index is 12.4. The van der Waals surface area contributed by atoms with Gasteiger partial charge in [0.1, 0.15) is 5.82 Å². The Kier molecular flexibility index (Phi) is 5.65. The van der Waals surface area contributed by atoms with E-state index in [1.807, 2.05) is 0 Å². The number of H-pyrrole nitrogens is 1. The molecular formula is C20H18N4O4S3. The van der Waals surface area contributed by atoms with Gasteiger partial charge in [-0.3, -0.25) is 4.72 Å². The number of thiazole rings is 1. The largest absolute Gasteiger partial charge is 0.342 e. The summed E-state index contributed by atoms with van der Waals surface area (Å²) in [4.78, 5) is 11.9. The van der Waals surface area contributed by atoms with Crippen molar-refractivity contribution in [1.29, 1.82) is 0 Å². The molecule has 0 atom stereocenters. The zero-order valence-corrected chi connectivity index (χ0v) is 18.8. The highest BCUT2D eigenvalue weighted by molar-refractivity contribution is 7.93. The minimum atomic E-state index is -3.71. The van der Waals surface area contributed by atoms with E-state index in [4.69, 9.17) is 0 Å². The molecule has 11 heteroatoms. The van der Waals surface area contributed by atoms with Crippen LogP contribution < -0.4 is 4.72 Å². The summed E-state index contributed by atoms with van der Waals surface area (Å²) in [6, 6.07) is 13.1. The molecule has 0 aliphatic rings. The lowest BCUT2D eigenvalue weighted by molar-refractivity contribution is 0.599. The molecule has 31 heavy (non-hydrogen) atoms.